The molecule has 22 heavy (non-hydrogen) atoms. The number of ether oxygens (including phenoxy) is 1. The zero-order valence-electron chi connectivity index (χ0n) is 12.8. The largest absolute Gasteiger partial charge is 0.465 e. The van der Waals surface area contributed by atoms with Crippen LogP contribution in [0.2, 0.25) is 0 Å². The molecule has 1 aromatic heterocycles. The number of carbonyl (C=O) groups is 2. The molecule has 1 atom stereocenters. The predicted molar refractivity (Wildman–Crippen MR) is 86.1 cm³/mol. The molecule has 3 N–H and O–H groups in total. The Labute approximate surface area is 134 Å². The molecule has 1 saturated carbocycles. The summed E-state index contributed by atoms with van der Waals surface area (Å²) in [7, 11) is 0. The topological polar surface area (TPSA) is 81.4 Å². The molecule has 2 aliphatic carbocycles. The maximum Gasteiger partial charge on any atom is 0.314 e. The van der Waals surface area contributed by atoms with Crippen LogP contribution in [-0.4, -0.2) is 25.0 Å². The fraction of sp³-hybridized carbons (Fsp3) is 0.625. The van der Waals surface area contributed by atoms with Crippen LogP contribution in [0.3, 0.4) is 0 Å². The van der Waals surface area contributed by atoms with Crippen LogP contribution in [0.1, 0.15) is 59.3 Å². The van der Waals surface area contributed by atoms with Crippen molar-refractivity contribution < 1.29 is 14.3 Å². The Morgan fingerprint density at radius 2 is 2.14 bits per heavy atom. The van der Waals surface area contributed by atoms with Gasteiger partial charge in [-0.15, -0.1) is 11.3 Å². The molecule has 0 aromatic carbocycles. The Morgan fingerprint density at radius 3 is 2.82 bits per heavy atom. The van der Waals surface area contributed by atoms with Gasteiger partial charge in [-0.1, -0.05) is 0 Å². The maximum absolute atomic E-state index is 12.4. The molecule has 1 unspecified atom stereocenters. The van der Waals surface area contributed by atoms with E-state index in [0.29, 0.717) is 23.1 Å². The Kier molecular flexibility index (Phi) is 4.38. The highest BCUT2D eigenvalue weighted by Crippen LogP contribution is 2.43. The number of thiophene rings is 1. The number of rotatable bonds is 5. The van der Waals surface area contributed by atoms with Crippen molar-refractivity contribution >= 4 is 28.2 Å². The van der Waals surface area contributed by atoms with Gasteiger partial charge in [0.05, 0.1) is 23.1 Å². The van der Waals surface area contributed by atoms with Gasteiger partial charge in [0.2, 0.25) is 0 Å². The molecule has 3 rings (SSSR count). The second kappa shape index (κ2) is 6.28. The minimum atomic E-state index is -0.263. The van der Waals surface area contributed by atoms with Crippen molar-refractivity contribution in [2.24, 2.45) is 5.92 Å². The third kappa shape index (κ3) is 2.97. The van der Waals surface area contributed by atoms with E-state index in [1.807, 2.05) is 0 Å². The third-order valence-electron chi connectivity index (χ3n) is 4.35. The molecule has 0 aliphatic heterocycles. The second-order valence-electron chi connectivity index (χ2n) is 6.03. The molecule has 6 heteroatoms. The monoisotopic (exact) mass is 322 g/mol. The quantitative estimate of drug-likeness (QED) is 0.816. The summed E-state index contributed by atoms with van der Waals surface area (Å²) in [6, 6.07) is 0. The SMILES string of the molecule is CCOC(=O)C1CCCc2c1sc(N)c2C(=O)NCC1CC1. The lowest BCUT2D eigenvalue weighted by molar-refractivity contribution is -0.145. The van der Waals surface area contributed by atoms with Gasteiger partial charge >= 0.3 is 5.97 Å². The number of hydrogen-bond acceptors (Lipinski definition) is 5. The lowest BCUT2D eigenvalue weighted by Crippen LogP contribution is -2.27. The molecule has 2 aliphatic rings. The van der Waals surface area contributed by atoms with E-state index in [0.717, 1.165) is 36.2 Å². The predicted octanol–water partition coefficient (Wildman–Crippen LogP) is 2.45. The highest BCUT2D eigenvalue weighted by molar-refractivity contribution is 7.16. The van der Waals surface area contributed by atoms with Crippen molar-refractivity contribution in [3.63, 3.8) is 0 Å². The molecular weight excluding hydrogens is 300 g/mol. The van der Waals surface area contributed by atoms with Crippen LogP contribution in [0.25, 0.3) is 0 Å². The number of anilines is 1. The summed E-state index contributed by atoms with van der Waals surface area (Å²) >= 11 is 1.37. The van der Waals surface area contributed by atoms with Crippen LogP contribution in [0.5, 0.6) is 0 Å². The van der Waals surface area contributed by atoms with Crippen molar-refractivity contribution in [2.75, 3.05) is 18.9 Å². The van der Waals surface area contributed by atoms with E-state index in [-0.39, 0.29) is 17.8 Å². The van der Waals surface area contributed by atoms with Gasteiger partial charge in [-0.05, 0) is 50.5 Å². The van der Waals surface area contributed by atoms with Crippen LogP contribution >= 0.6 is 11.3 Å². The van der Waals surface area contributed by atoms with Gasteiger partial charge in [0.25, 0.3) is 5.91 Å². The van der Waals surface area contributed by atoms with Crippen molar-refractivity contribution in [3.8, 4) is 0 Å². The molecule has 0 spiro atoms. The first-order valence-electron chi connectivity index (χ1n) is 7.97. The fourth-order valence-corrected chi connectivity index (χ4v) is 4.25. The molecule has 1 amide bonds. The summed E-state index contributed by atoms with van der Waals surface area (Å²) in [6.07, 6.45) is 4.86. The van der Waals surface area contributed by atoms with E-state index in [9.17, 15) is 9.59 Å². The first kappa shape index (κ1) is 15.3. The molecule has 5 nitrogen and oxygen atoms in total. The van der Waals surface area contributed by atoms with E-state index >= 15 is 0 Å². The number of carbonyl (C=O) groups excluding carboxylic acids is 2. The Hall–Kier alpha value is -1.56. The van der Waals surface area contributed by atoms with E-state index < -0.39 is 0 Å². The highest BCUT2D eigenvalue weighted by atomic mass is 32.1. The smallest absolute Gasteiger partial charge is 0.314 e. The summed E-state index contributed by atoms with van der Waals surface area (Å²) in [5, 5.41) is 3.50. The number of nitrogens with two attached hydrogens (primary N) is 1. The van der Waals surface area contributed by atoms with E-state index in [2.05, 4.69) is 5.32 Å². The number of nitrogens with one attached hydrogen (secondary N) is 1. The summed E-state index contributed by atoms with van der Waals surface area (Å²) in [5.74, 6) is 0.0777. The minimum Gasteiger partial charge on any atom is -0.465 e. The second-order valence-corrected chi connectivity index (χ2v) is 7.12. The van der Waals surface area contributed by atoms with Gasteiger partial charge in [-0.2, -0.15) is 0 Å². The number of hydrogen-bond donors (Lipinski definition) is 2. The summed E-state index contributed by atoms with van der Waals surface area (Å²) in [4.78, 5) is 25.5. The zero-order chi connectivity index (χ0) is 15.7. The molecule has 1 aromatic rings. The molecular formula is C16H22N2O3S. The van der Waals surface area contributed by atoms with E-state index in [1.165, 1.54) is 24.2 Å². The van der Waals surface area contributed by atoms with Gasteiger partial charge in [0.15, 0.2) is 0 Å². The normalized spacial score (nSPS) is 20.3. The number of fused-ring (bicyclic) bond motifs is 1. The van der Waals surface area contributed by atoms with Crippen molar-refractivity contribution in [3.05, 3.63) is 16.0 Å². The molecule has 1 heterocycles. The Balaban J connectivity index is 1.83. The van der Waals surface area contributed by atoms with Crippen LogP contribution in [0.15, 0.2) is 0 Å². The summed E-state index contributed by atoms with van der Waals surface area (Å²) < 4.78 is 5.16. The molecule has 1 fully saturated rings. The Bertz CT molecular complexity index is 592. The van der Waals surface area contributed by atoms with Gasteiger partial charge < -0.3 is 15.8 Å². The average Bonchev–Trinajstić information content (AvgIpc) is 3.25. The third-order valence-corrected chi connectivity index (χ3v) is 5.52. The van der Waals surface area contributed by atoms with E-state index in [1.54, 1.807) is 6.92 Å². The summed E-state index contributed by atoms with van der Waals surface area (Å²) in [5.41, 5.74) is 7.64. The highest BCUT2D eigenvalue weighted by Gasteiger charge is 2.34. The van der Waals surface area contributed by atoms with Crippen LogP contribution < -0.4 is 11.1 Å². The van der Waals surface area contributed by atoms with Crippen molar-refractivity contribution in [1.29, 1.82) is 0 Å². The first-order chi connectivity index (χ1) is 10.6. The van der Waals surface area contributed by atoms with Crippen LogP contribution in [0.4, 0.5) is 5.00 Å². The lowest BCUT2D eigenvalue weighted by Gasteiger charge is -2.21. The van der Waals surface area contributed by atoms with Gasteiger partial charge in [0.1, 0.15) is 0 Å². The minimum absolute atomic E-state index is 0.0913. The van der Waals surface area contributed by atoms with Crippen molar-refractivity contribution in [1.82, 2.24) is 5.32 Å². The number of amides is 1. The average molecular weight is 322 g/mol. The van der Waals surface area contributed by atoms with Gasteiger partial charge in [-0.3, -0.25) is 9.59 Å². The molecule has 120 valence electrons. The molecule has 0 saturated heterocycles. The van der Waals surface area contributed by atoms with Crippen LogP contribution in [-0.2, 0) is 16.0 Å². The standard InChI is InChI=1S/C16H22N2O3S/c1-2-21-16(20)11-5-3-4-10-12(14(17)22-13(10)11)15(19)18-8-9-6-7-9/h9,11H,2-8,17H2,1H3,(H,18,19). The van der Waals surface area contributed by atoms with Crippen molar-refractivity contribution in [2.45, 2.75) is 44.9 Å². The van der Waals surface area contributed by atoms with Gasteiger partial charge in [-0.25, -0.2) is 0 Å². The van der Waals surface area contributed by atoms with Gasteiger partial charge in [0, 0.05) is 11.4 Å². The maximum atomic E-state index is 12.4. The Morgan fingerprint density at radius 1 is 1.36 bits per heavy atom. The zero-order valence-corrected chi connectivity index (χ0v) is 13.6. The van der Waals surface area contributed by atoms with E-state index in [4.69, 9.17) is 10.5 Å². The first-order valence-corrected chi connectivity index (χ1v) is 8.79. The molecule has 0 radical (unpaired) electrons. The number of esters is 1. The lowest BCUT2D eigenvalue weighted by atomic mass is 9.87. The fourth-order valence-electron chi connectivity index (χ4n) is 3.01. The molecule has 0 bridgehead atoms. The van der Waals surface area contributed by atoms with Crippen LogP contribution in [0, 0.1) is 5.92 Å². The number of nitrogen functional groups attached to an aromatic ring is 1. The summed E-state index contributed by atoms with van der Waals surface area (Å²) in [6.45, 7) is 2.91.